The zero-order chi connectivity index (χ0) is 49.2. The van der Waals surface area contributed by atoms with Gasteiger partial charge in [0, 0.05) is 22.5 Å². The van der Waals surface area contributed by atoms with Crippen molar-refractivity contribution in [3.63, 3.8) is 0 Å². The SMILES string of the molecule is CC1(C)CCC(C)(C)c2cc(N3c4cc(-c5cc6c(cc5-c5ccccc5)C(C)(C)CCC6(C)C)ccc4B(c4coc5c4C(C)(C)CCC5(C)C)c4cc5c(cc43)C(C)(C)CCC5(C)C)ccc21. The molecule has 0 radical (unpaired) electrons. The van der Waals surface area contributed by atoms with Crippen LogP contribution in [0.25, 0.3) is 22.3 Å². The Morgan fingerprint density at radius 3 is 1.42 bits per heavy atom. The van der Waals surface area contributed by atoms with Crippen LogP contribution >= 0.6 is 0 Å². The van der Waals surface area contributed by atoms with Gasteiger partial charge in [0.2, 0.25) is 0 Å². The molecule has 69 heavy (non-hydrogen) atoms. The zero-order valence-corrected chi connectivity index (χ0v) is 45.3. The van der Waals surface area contributed by atoms with Crippen molar-refractivity contribution in [1.29, 1.82) is 0 Å². The summed E-state index contributed by atoms with van der Waals surface area (Å²) in [6, 6.07) is 37.0. The molecule has 0 spiro atoms. The molecule has 0 saturated heterocycles. The second kappa shape index (κ2) is 14.9. The first kappa shape index (κ1) is 46.6. The normalized spacial score (nSPS) is 22.3. The van der Waals surface area contributed by atoms with Gasteiger partial charge in [0.25, 0.3) is 6.71 Å². The molecule has 4 aliphatic carbocycles. The molecule has 5 aliphatic rings. The summed E-state index contributed by atoms with van der Waals surface area (Å²) in [5.74, 6) is 1.18. The van der Waals surface area contributed by atoms with E-state index in [1.165, 1.54) is 139 Å². The van der Waals surface area contributed by atoms with Gasteiger partial charge in [-0.05, 0) is 203 Å². The van der Waals surface area contributed by atoms with Gasteiger partial charge in [-0.3, -0.25) is 0 Å². The van der Waals surface area contributed by atoms with Crippen LogP contribution in [0.4, 0.5) is 17.1 Å². The predicted molar refractivity (Wildman–Crippen MR) is 297 cm³/mol. The summed E-state index contributed by atoms with van der Waals surface area (Å²) in [7, 11) is 0. The van der Waals surface area contributed by atoms with Crippen LogP contribution in [0.5, 0.6) is 0 Å². The molecule has 0 amide bonds. The summed E-state index contributed by atoms with van der Waals surface area (Å²) in [6.45, 7) is 39.5. The number of fused-ring (bicyclic) bond motifs is 6. The highest BCUT2D eigenvalue weighted by molar-refractivity contribution is 6.98. The van der Waals surface area contributed by atoms with E-state index in [1.807, 2.05) is 0 Å². The van der Waals surface area contributed by atoms with Gasteiger partial charge in [0.1, 0.15) is 5.76 Å². The Hall–Kier alpha value is -4.76. The Morgan fingerprint density at radius 2 is 0.841 bits per heavy atom. The van der Waals surface area contributed by atoms with E-state index in [-0.39, 0.29) is 50.0 Å². The average molecular weight is 914 g/mol. The number of furan rings is 1. The van der Waals surface area contributed by atoms with E-state index in [4.69, 9.17) is 4.42 Å². The molecular weight excluding hydrogens is 834 g/mol. The van der Waals surface area contributed by atoms with Crippen molar-refractivity contribution in [3.05, 3.63) is 142 Å². The zero-order valence-electron chi connectivity index (χ0n) is 45.3. The van der Waals surface area contributed by atoms with Crippen molar-refractivity contribution < 1.29 is 4.42 Å². The molecular formula is C66H80BNO. The van der Waals surface area contributed by atoms with Gasteiger partial charge >= 0.3 is 0 Å². The van der Waals surface area contributed by atoms with Crippen LogP contribution in [-0.4, -0.2) is 6.71 Å². The monoisotopic (exact) mass is 914 g/mol. The van der Waals surface area contributed by atoms with E-state index >= 15 is 0 Å². The average Bonchev–Trinajstić information content (AvgIpc) is 3.76. The maximum absolute atomic E-state index is 6.96. The molecule has 0 bridgehead atoms. The smallest absolute Gasteiger partial charge is 0.251 e. The molecule has 0 unspecified atom stereocenters. The summed E-state index contributed by atoms with van der Waals surface area (Å²) < 4.78 is 6.96. The van der Waals surface area contributed by atoms with Crippen molar-refractivity contribution in [2.45, 2.75) is 205 Å². The van der Waals surface area contributed by atoms with Crippen LogP contribution in [-0.2, 0) is 43.3 Å². The fourth-order valence-corrected chi connectivity index (χ4v) is 14.2. The lowest BCUT2D eigenvalue weighted by atomic mass is 9.33. The number of nitrogens with zero attached hydrogens (tertiary/aromatic N) is 1. The highest BCUT2D eigenvalue weighted by Gasteiger charge is 2.49. The number of anilines is 3. The van der Waals surface area contributed by atoms with Gasteiger partial charge < -0.3 is 9.32 Å². The van der Waals surface area contributed by atoms with Crippen LogP contribution in [0.3, 0.4) is 0 Å². The van der Waals surface area contributed by atoms with E-state index in [1.54, 1.807) is 0 Å². The first-order chi connectivity index (χ1) is 32.1. The van der Waals surface area contributed by atoms with E-state index in [9.17, 15) is 0 Å². The molecule has 1 aliphatic heterocycles. The number of hydrogen-bond donors (Lipinski definition) is 0. The lowest BCUT2D eigenvalue weighted by molar-refractivity contribution is 0.278. The Bertz CT molecular complexity index is 3070. The van der Waals surface area contributed by atoms with Gasteiger partial charge in [-0.15, -0.1) is 0 Å². The minimum absolute atomic E-state index is 0.00280. The molecule has 1 aromatic heterocycles. The van der Waals surface area contributed by atoms with Crippen molar-refractivity contribution in [2.75, 3.05) is 4.90 Å². The third-order valence-electron chi connectivity index (χ3n) is 19.4. The van der Waals surface area contributed by atoms with Crippen molar-refractivity contribution in [1.82, 2.24) is 0 Å². The van der Waals surface area contributed by atoms with E-state index in [0.29, 0.717) is 0 Å². The Labute approximate surface area is 417 Å². The van der Waals surface area contributed by atoms with Crippen molar-refractivity contribution in [3.8, 4) is 22.3 Å². The van der Waals surface area contributed by atoms with Gasteiger partial charge in [-0.25, -0.2) is 0 Å². The molecule has 5 aromatic carbocycles. The quantitative estimate of drug-likeness (QED) is 0.164. The minimum Gasteiger partial charge on any atom is -0.469 e. The summed E-state index contributed by atoms with van der Waals surface area (Å²) in [5, 5.41) is 0. The first-order valence-corrected chi connectivity index (χ1v) is 26.8. The molecule has 358 valence electrons. The third kappa shape index (κ3) is 7.14. The molecule has 11 rings (SSSR count). The highest BCUT2D eigenvalue weighted by atomic mass is 16.3. The van der Waals surface area contributed by atoms with Crippen LogP contribution in [0, 0.1) is 0 Å². The number of hydrogen-bond acceptors (Lipinski definition) is 2. The number of rotatable bonds is 4. The summed E-state index contributed by atoms with van der Waals surface area (Å²) in [6.07, 6.45) is 11.5. The predicted octanol–water partition coefficient (Wildman–Crippen LogP) is 16.3. The second-order valence-corrected chi connectivity index (χ2v) is 28.0. The van der Waals surface area contributed by atoms with Crippen LogP contribution < -0.4 is 21.3 Å². The maximum atomic E-state index is 6.96. The Balaban J connectivity index is 1.26. The molecule has 0 N–H and O–H groups in total. The van der Waals surface area contributed by atoms with E-state index in [0.717, 1.165) is 12.8 Å². The molecule has 0 fully saturated rings. The van der Waals surface area contributed by atoms with Gasteiger partial charge in [-0.2, -0.15) is 0 Å². The fourth-order valence-electron chi connectivity index (χ4n) is 14.2. The fraction of sp³-hybridized carbons (Fsp3) is 0.485. The summed E-state index contributed by atoms with van der Waals surface area (Å²) in [4.78, 5) is 2.72. The third-order valence-corrected chi connectivity index (χ3v) is 19.4. The van der Waals surface area contributed by atoms with Crippen molar-refractivity contribution >= 4 is 40.2 Å². The lowest BCUT2D eigenvalue weighted by Gasteiger charge is -2.46. The maximum Gasteiger partial charge on any atom is 0.251 e. The molecule has 0 saturated carbocycles. The largest absolute Gasteiger partial charge is 0.469 e. The summed E-state index contributed by atoms with van der Waals surface area (Å²) >= 11 is 0. The molecule has 2 nitrogen and oxygen atoms in total. The second-order valence-electron chi connectivity index (χ2n) is 28.0. The molecule has 6 aromatic rings. The van der Waals surface area contributed by atoms with Crippen molar-refractivity contribution in [2.24, 2.45) is 0 Å². The minimum atomic E-state index is -0.0342. The molecule has 0 atom stereocenters. The molecule has 2 heterocycles. The van der Waals surface area contributed by atoms with E-state index < -0.39 is 0 Å². The Morgan fingerprint density at radius 1 is 0.377 bits per heavy atom. The standard InChI is InChI=1S/C66H80BNO/c1-59(2)26-27-60(3,4)47-35-43(23-24-46(47)59)68-55-34-42(45-37-49-48(61(5,6)28-29-62(49,7)8)36-44(45)41-20-18-17-19-21-41)22-25-52(55)67(54-40-69-58-57(54)65(13,14)32-33-66(58,15)16)53-38-50-51(39-56(53)68)64(11,12)31-30-63(50,9)10/h17-25,34-40H,26-33H2,1-16H3. The van der Waals surface area contributed by atoms with Crippen LogP contribution in [0.15, 0.2) is 102 Å². The topological polar surface area (TPSA) is 16.4 Å². The number of benzene rings is 5. The Kier molecular flexibility index (Phi) is 10.1. The van der Waals surface area contributed by atoms with Crippen LogP contribution in [0.2, 0.25) is 0 Å². The van der Waals surface area contributed by atoms with Crippen LogP contribution in [0.1, 0.15) is 207 Å². The van der Waals surface area contributed by atoms with Gasteiger partial charge in [0.05, 0.1) is 6.26 Å². The first-order valence-electron chi connectivity index (χ1n) is 26.8. The lowest BCUT2D eigenvalue weighted by Crippen LogP contribution is -2.59. The van der Waals surface area contributed by atoms with Gasteiger partial charge in [-0.1, -0.05) is 165 Å². The summed E-state index contributed by atoms with van der Waals surface area (Å²) in [5.41, 5.74) is 24.0. The highest BCUT2D eigenvalue weighted by Crippen LogP contribution is 2.54. The molecule has 3 heteroatoms. The van der Waals surface area contributed by atoms with E-state index in [2.05, 4.69) is 213 Å². The van der Waals surface area contributed by atoms with Gasteiger partial charge in [0.15, 0.2) is 0 Å².